The minimum absolute atomic E-state index is 0.0676. The van der Waals surface area contributed by atoms with Crippen LogP contribution >= 0.6 is 0 Å². The van der Waals surface area contributed by atoms with Crippen LogP contribution in [-0.4, -0.2) is 26.7 Å². The zero-order valence-corrected chi connectivity index (χ0v) is 22.7. The lowest BCUT2D eigenvalue weighted by atomic mass is 10.0. The van der Waals surface area contributed by atoms with Gasteiger partial charge in [0.2, 0.25) is 5.95 Å². The first-order valence-corrected chi connectivity index (χ1v) is 13.3. The number of nitrogens with zero attached hydrogens (tertiary/aromatic N) is 5. The van der Waals surface area contributed by atoms with Crippen LogP contribution in [-0.2, 0) is 12.7 Å². The summed E-state index contributed by atoms with van der Waals surface area (Å²) >= 11 is 0. The van der Waals surface area contributed by atoms with Crippen molar-refractivity contribution in [1.82, 2.24) is 20.2 Å². The fourth-order valence-electron chi connectivity index (χ4n) is 4.54. The number of anilines is 2. The Morgan fingerprint density at radius 3 is 2.29 bits per heavy atom. The Balaban J connectivity index is 1.57. The van der Waals surface area contributed by atoms with Gasteiger partial charge in [0.25, 0.3) is 0 Å². The molecule has 0 bridgehead atoms. The lowest BCUT2D eigenvalue weighted by Gasteiger charge is -2.23. The van der Waals surface area contributed by atoms with Gasteiger partial charge in [0.1, 0.15) is 5.69 Å². The van der Waals surface area contributed by atoms with E-state index in [0.717, 1.165) is 23.3 Å². The van der Waals surface area contributed by atoms with Crippen molar-refractivity contribution in [2.75, 3.05) is 16.8 Å². The molecule has 5 rings (SSSR count). The fourth-order valence-corrected chi connectivity index (χ4v) is 4.54. The lowest BCUT2D eigenvalue weighted by Crippen LogP contribution is -2.23. The summed E-state index contributed by atoms with van der Waals surface area (Å²) in [4.78, 5) is 11.2. The molecular formula is C32H29F3N6. The van der Waals surface area contributed by atoms with Gasteiger partial charge in [-0.1, -0.05) is 72.8 Å². The molecule has 0 aliphatic heterocycles. The SMILES string of the molecule is CCN(Cc1ccccc1)c1cc(-c2ccnc(N[C@@H](C)c3ccccc3)n2)c(-c2cccc(C(F)(F)F)c2)nn1. The maximum atomic E-state index is 13.6. The fraction of sp³-hybridized carbons (Fsp3) is 0.188. The highest BCUT2D eigenvalue weighted by Crippen LogP contribution is 2.36. The monoisotopic (exact) mass is 554 g/mol. The highest BCUT2D eigenvalue weighted by molar-refractivity contribution is 5.81. The number of alkyl halides is 3. The average molecular weight is 555 g/mol. The molecule has 0 saturated heterocycles. The van der Waals surface area contributed by atoms with E-state index in [2.05, 4.69) is 25.4 Å². The number of nitrogens with one attached hydrogen (secondary N) is 1. The predicted octanol–water partition coefficient (Wildman–Crippen LogP) is 7.82. The van der Waals surface area contributed by atoms with Crippen molar-refractivity contribution in [2.45, 2.75) is 32.6 Å². The molecule has 0 radical (unpaired) electrons. The molecular weight excluding hydrogens is 525 g/mol. The smallest absolute Gasteiger partial charge is 0.351 e. The number of benzene rings is 3. The van der Waals surface area contributed by atoms with Crippen LogP contribution in [0.4, 0.5) is 24.9 Å². The maximum absolute atomic E-state index is 13.6. The minimum Gasteiger partial charge on any atom is -0.351 e. The predicted molar refractivity (Wildman–Crippen MR) is 155 cm³/mol. The Morgan fingerprint density at radius 2 is 1.59 bits per heavy atom. The van der Waals surface area contributed by atoms with Crippen molar-refractivity contribution in [2.24, 2.45) is 0 Å². The first-order valence-electron chi connectivity index (χ1n) is 13.3. The van der Waals surface area contributed by atoms with Crippen molar-refractivity contribution in [1.29, 1.82) is 0 Å². The van der Waals surface area contributed by atoms with Crippen molar-refractivity contribution in [3.63, 3.8) is 0 Å². The second-order valence-electron chi connectivity index (χ2n) is 9.59. The summed E-state index contributed by atoms with van der Waals surface area (Å²) in [6.07, 6.45) is -2.86. The van der Waals surface area contributed by atoms with Crippen LogP contribution < -0.4 is 10.2 Å². The third-order valence-electron chi connectivity index (χ3n) is 6.74. The van der Waals surface area contributed by atoms with Crippen molar-refractivity contribution in [3.05, 3.63) is 120 Å². The normalized spacial score (nSPS) is 12.1. The molecule has 0 aliphatic rings. The van der Waals surface area contributed by atoms with Gasteiger partial charge in [-0.15, -0.1) is 10.2 Å². The molecule has 5 aromatic rings. The van der Waals surface area contributed by atoms with Gasteiger partial charge in [-0.2, -0.15) is 13.2 Å². The number of hydrogen-bond acceptors (Lipinski definition) is 6. The van der Waals surface area contributed by atoms with E-state index in [1.54, 1.807) is 18.3 Å². The van der Waals surface area contributed by atoms with Crippen molar-refractivity contribution >= 4 is 11.8 Å². The van der Waals surface area contributed by atoms with Gasteiger partial charge in [0.15, 0.2) is 5.82 Å². The van der Waals surface area contributed by atoms with Gasteiger partial charge in [-0.3, -0.25) is 0 Å². The number of hydrogen-bond donors (Lipinski definition) is 1. The number of aromatic nitrogens is 4. The molecule has 0 saturated carbocycles. The van der Waals surface area contributed by atoms with Crippen LogP contribution in [0.1, 0.15) is 36.6 Å². The molecule has 3 aromatic carbocycles. The second kappa shape index (κ2) is 12.2. The van der Waals surface area contributed by atoms with Crippen LogP contribution in [0.5, 0.6) is 0 Å². The topological polar surface area (TPSA) is 66.8 Å². The van der Waals surface area contributed by atoms with E-state index >= 15 is 0 Å². The Labute approximate surface area is 237 Å². The average Bonchev–Trinajstić information content (AvgIpc) is 3.00. The Morgan fingerprint density at radius 1 is 0.854 bits per heavy atom. The van der Waals surface area contributed by atoms with E-state index in [1.807, 2.05) is 80.6 Å². The molecule has 6 nitrogen and oxygen atoms in total. The largest absolute Gasteiger partial charge is 0.416 e. The van der Waals surface area contributed by atoms with E-state index < -0.39 is 11.7 Å². The molecule has 0 aliphatic carbocycles. The Kier molecular flexibility index (Phi) is 8.24. The second-order valence-corrected chi connectivity index (χ2v) is 9.59. The summed E-state index contributed by atoms with van der Waals surface area (Å²) in [5.41, 5.74) is 3.08. The van der Waals surface area contributed by atoms with Crippen LogP contribution in [0.25, 0.3) is 22.5 Å². The van der Waals surface area contributed by atoms with E-state index in [-0.39, 0.29) is 6.04 Å². The molecule has 2 heterocycles. The number of halogens is 3. The summed E-state index contributed by atoms with van der Waals surface area (Å²) in [5.74, 6) is 0.983. The van der Waals surface area contributed by atoms with Crippen LogP contribution in [0.15, 0.2) is 103 Å². The van der Waals surface area contributed by atoms with Crippen LogP contribution in [0, 0.1) is 0 Å². The first-order chi connectivity index (χ1) is 19.8. The van der Waals surface area contributed by atoms with Gasteiger partial charge in [-0.25, -0.2) is 9.97 Å². The summed E-state index contributed by atoms with van der Waals surface area (Å²) in [7, 11) is 0. The molecule has 208 valence electrons. The van der Waals surface area contributed by atoms with E-state index in [1.165, 1.54) is 6.07 Å². The van der Waals surface area contributed by atoms with Crippen molar-refractivity contribution < 1.29 is 13.2 Å². The molecule has 1 N–H and O–H groups in total. The molecule has 9 heteroatoms. The number of rotatable bonds is 9. The third-order valence-corrected chi connectivity index (χ3v) is 6.74. The molecule has 2 aromatic heterocycles. The van der Waals surface area contributed by atoms with Crippen molar-refractivity contribution in [3.8, 4) is 22.5 Å². The molecule has 41 heavy (non-hydrogen) atoms. The summed E-state index contributed by atoms with van der Waals surface area (Å²) in [6, 6.07) is 28.5. The van der Waals surface area contributed by atoms with Crippen LogP contribution in [0.3, 0.4) is 0 Å². The molecule has 0 amide bonds. The van der Waals surface area contributed by atoms with Gasteiger partial charge >= 0.3 is 6.18 Å². The van der Waals surface area contributed by atoms with Gasteiger partial charge < -0.3 is 10.2 Å². The first kappa shape index (κ1) is 27.8. The lowest BCUT2D eigenvalue weighted by molar-refractivity contribution is -0.137. The summed E-state index contributed by atoms with van der Waals surface area (Å²) < 4.78 is 40.7. The molecule has 1 atom stereocenters. The highest BCUT2D eigenvalue weighted by Gasteiger charge is 2.31. The Hall–Kier alpha value is -4.79. The highest BCUT2D eigenvalue weighted by atomic mass is 19.4. The van der Waals surface area contributed by atoms with Crippen LogP contribution in [0.2, 0.25) is 0 Å². The molecule has 0 unspecified atom stereocenters. The quantitative estimate of drug-likeness (QED) is 0.200. The van der Waals surface area contributed by atoms with Gasteiger partial charge in [0, 0.05) is 30.4 Å². The third kappa shape index (κ3) is 6.69. The standard InChI is InChI=1S/C32H29F3N6/c1-3-41(21-23-11-6-4-7-12-23)29-20-27(30(40-39-29)25-15-10-16-26(19-25)32(33,34)35)28-17-18-36-31(38-28)37-22(2)24-13-8-5-9-14-24/h4-20,22H,3,21H2,1-2H3,(H,36,37,38)/t22-/m0/s1. The van der Waals surface area contributed by atoms with E-state index in [9.17, 15) is 13.2 Å². The van der Waals surface area contributed by atoms with E-state index in [4.69, 9.17) is 4.98 Å². The van der Waals surface area contributed by atoms with E-state index in [0.29, 0.717) is 47.4 Å². The zero-order chi connectivity index (χ0) is 28.8. The molecule has 0 fully saturated rings. The van der Waals surface area contributed by atoms with Gasteiger partial charge in [0.05, 0.1) is 17.3 Å². The zero-order valence-electron chi connectivity index (χ0n) is 22.7. The Bertz CT molecular complexity index is 1590. The summed E-state index contributed by atoms with van der Waals surface area (Å²) in [5, 5.41) is 12.2. The summed E-state index contributed by atoms with van der Waals surface area (Å²) in [6.45, 7) is 5.27. The maximum Gasteiger partial charge on any atom is 0.416 e. The van der Waals surface area contributed by atoms with Gasteiger partial charge in [-0.05, 0) is 49.2 Å². The minimum atomic E-state index is -4.49. The molecule has 0 spiro atoms.